The van der Waals surface area contributed by atoms with Crippen LogP contribution < -0.4 is 0 Å². The average Bonchev–Trinajstić information content (AvgIpc) is 3.10. The summed E-state index contributed by atoms with van der Waals surface area (Å²) in [5.41, 5.74) is 2.13. The van der Waals surface area contributed by atoms with Gasteiger partial charge in [0.1, 0.15) is 5.69 Å². The van der Waals surface area contributed by atoms with Gasteiger partial charge in [-0.3, -0.25) is 14.7 Å². The van der Waals surface area contributed by atoms with Crippen molar-refractivity contribution in [2.24, 2.45) is 5.92 Å². The van der Waals surface area contributed by atoms with Gasteiger partial charge in [-0.1, -0.05) is 24.9 Å². The lowest BCUT2D eigenvalue weighted by atomic mass is 9.89. The molecular weight excluding hydrogens is 338 g/mol. The van der Waals surface area contributed by atoms with E-state index in [2.05, 4.69) is 17.1 Å². The zero-order valence-electron chi connectivity index (χ0n) is 14.3. The number of hydrogen-bond acceptors (Lipinski definition) is 3. The Kier molecular flexibility index (Phi) is 5.53. The summed E-state index contributed by atoms with van der Waals surface area (Å²) in [4.78, 5) is 26.9. The van der Waals surface area contributed by atoms with Crippen LogP contribution in [0.5, 0.6) is 0 Å². The molecule has 1 aromatic heterocycles. The molecule has 0 saturated carbocycles. The van der Waals surface area contributed by atoms with Crippen molar-refractivity contribution >= 4 is 23.3 Å². The Morgan fingerprint density at radius 1 is 1.24 bits per heavy atom. The molecule has 0 bridgehead atoms. The van der Waals surface area contributed by atoms with Crippen LogP contribution in [-0.4, -0.2) is 39.9 Å². The second kappa shape index (κ2) is 7.83. The maximum absolute atomic E-state index is 12.6. The Balaban J connectivity index is 1.58. The van der Waals surface area contributed by atoms with Crippen molar-refractivity contribution in [2.45, 2.75) is 32.6 Å². The summed E-state index contributed by atoms with van der Waals surface area (Å²) in [7, 11) is 0. The Labute approximate surface area is 152 Å². The summed E-state index contributed by atoms with van der Waals surface area (Å²) in [6.45, 7) is 3.25. The van der Waals surface area contributed by atoms with Gasteiger partial charge in [0, 0.05) is 35.3 Å². The summed E-state index contributed by atoms with van der Waals surface area (Å²) in [6, 6.07) is 8.83. The third kappa shape index (κ3) is 4.10. The molecule has 1 aromatic carbocycles. The molecule has 25 heavy (non-hydrogen) atoms. The van der Waals surface area contributed by atoms with E-state index in [1.165, 1.54) is 0 Å². The third-order valence-electron chi connectivity index (χ3n) is 4.65. The summed E-state index contributed by atoms with van der Waals surface area (Å²) < 4.78 is 0. The van der Waals surface area contributed by atoms with Crippen LogP contribution in [-0.2, 0) is 6.42 Å². The van der Waals surface area contributed by atoms with E-state index in [4.69, 9.17) is 11.6 Å². The number of halogens is 1. The molecule has 1 aliphatic heterocycles. The number of aryl methyl sites for hydroxylation is 1. The number of nitrogens with one attached hydrogen (secondary N) is 1. The number of aromatic amines is 1. The molecular formula is C19H22ClN3O2. The number of nitrogens with zero attached hydrogens (tertiary/aromatic N) is 2. The number of carbonyl (C=O) groups excluding carboxylic acids is 2. The highest BCUT2D eigenvalue weighted by Crippen LogP contribution is 2.23. The lowest BCUT2D eigenvalue weighted by molar-refractivity contribution is 0.0645. The number of Topliss-reactive ketones (excluding diaryl/α,β-unsaturated/α-hetero) is 1. The van der Waals surface area contributed by atoms with E-state index in [9.17, 15) is 9.59 Å². The first kappa shape index (κ1) is 17.7. The number of H-pyrrole nitrogens is 1. The third-order valence-corrected chi connectivity index (χ3v) is 4.90. The fraction of sp³-hybridized carbons (Fsp3) is 0.421. The molecule has 1 fully saturated rings. The van der Waals surface area contributed by atoms with Crippen LogP contribution in [0, 0.1) is 5.92 Å². The van der Waals surface area contributed by atoms with Gasteiger partial charge < -0.3 is 4.90 Å². The molecule has 6 heteroatoms. The van der Waals surface area contributed by atoms with Gasteiger partial charge in [0.2, 0.25) is 0 Å². The van der Waals surface area contributed by atoms with Crippen LogP contribution in [0.15, 0.2) is 30.3 Å². The molecule has 1 amide bonds. The molecule has 0 spiro atoms. The van der Waals surface area contributed by atoms with E-state index in [0.29, 0.717) is 42.2 Å². The minimum Gasteiger partial charge on any atom is -0.337 e. The molecule has 0 radical (unpaired) electrons. The van der Waals surface area contributed by atoms with E-state index in [0.717, 1.165) is 18.5 Å². The maximum atomic E-state index is 12.6. The molecule has 0 aliphatic carbocycles. The average molecular weight is 360 g/mol. The smallest absolute Gasteiger partial charge is 0.274 e. The van der Waals surface area contributed by atoms with Gasteiger partial charge in [0.05, 0.1) is 0 Å². The van der Waals surface area contributed by atoms with Gasteiger partial charge in [-0.2, -0.15) is 5.10 Å². The Morgan fingerprint density at radius 2 is 1.92 bits per heavy atom. The van der Waals surface area contributed by atoms with Crippen LogP contribution in [0.4, 0.5) is 0 Å². The van der Waals surface area contributed by atoms with E-state index < -0.39 is 0 Å². The number of ketones is 1. The van der Waals surface area contributed by atoms with Gasteiger partial charge in [0.15, 0.2) is 5.78 Å². The second-order valence-corrected chi connectivity index (χ2v) is 6.90. The first-order valence-electron chi connectivity index (χ1n) is 8.72. The first-order chi connectivity index (χ1) is 12.1. The normalized spacial score (nSPS) is 15.4. The number of hydrogen-bond donors (Lipinski definition) is 1. The minimum atomic E-state index is -0.0593. The topological polar surface area (TPSA) is 66.1 Å². The highest BCUT2D eigenvalue weighted by atomic mass is 35.5. The van der Waals surface area contributed by atoms with Gasteiger partial charge in [0.25, 0.3) is 5.91 Å². The number of carbonyl (C=O) groups is 2. The lowest BCUT2D eigenvalue weighted by Gasteiger charge is -2.30. The zero-order valence-corrected chi connectivity index (χ0v) is 15.1. The first-order valence-corrected chi connectivity index (χ1v) is 9.09. The molecule has 1 aliphatic rings. The lowest BCUT2D eigenvalue weighted by Crippen LogP contribution is -2.40. The molecule has 1 saturated heterocycles. The van der Waals surface area contributed by atoms with Crippen LogP contribution in [0.3, 0.4) is 0 Å². The fourth-order valence-corrected chi connectivity index (χ4v) is 3.35. The summed E-state index contributed by atoms with van der Waals surface area (Å²) in [5.74, 6) is 0.0322. The van der Waals surface area contributed by atoms with Gasteiger partial charge in [-0.25, -0.2) is 0 Å². The Bertz CT molecular complexity index is 746. The number of aromatic nitrogens is 2. The van der Waals surface area contributed by atoms with Crippen molar-refractivity contribution in [3.8, 4) is 0 Å². The van der Waals surface area contributed by atoms with Gasteiger partial charge in [-0.15, -0.1) is 0 Å². The Hall–Kier alpha value is -2.14. The predicted octanol–water partition coefficient (Wildman–Crippen LogP) is 3.75. The highest BCUT2D eigenvalue weighted by Gasteiger charge is 2.29. The number of rotatable bonds is 5. The quantitative estimate of drug-likeness (QED) is 0.827. The molecule has 132 valence electrons. The monoisotopic (exact) mass is 359 g/mol. The van der Waals surface area contributed by atoms with E-state index >= 15 is 0 Å². The zero-order chi connectivity index (χ0) is 17.8. The largest absolute Gasteiger partial charge is 0.337 e. The summed E-state index contributed by atoms with van der Waals surface area (Å²) in [5, 5.41) is 7.67. The predicted molar refractivity (Wildman–Crippen MR) is 97.0 cm³/mol. The molecule has 2 heterocycles. The Morgan fingerprint density at radius 3 is 2.56 bits per heavy atom. The summed E-state index contributed by atoms with van der Waals surface area (Å²) >= 11 is 5.87. The molecule has 3 rings (SSSR count). The molecule has 1 N–H and O–H groups in total. The van der Waals surface area contributed by atoms with Crippen molar-refractivity contribution < 1.29 is 9.59 Å². The van der Waals surface area contributed by atoms with Crippen LogP contribution in [0.2, 0.25) is 5.02 Å². The van der Waals surface area contributed by atoms with Crippen molar-refractivity contribution in [2.75, 3.05) is 13.1 Å². The number of amides is 1. The van der Waals surface area contributed by atoms with Crippen LogP contribution in [0.25, 0.3) is 0 Å². The van der Waals surface area contributed by atoms with E-state index in [-0.39, 0.29) is 17.6 Å². The highest BCUT2D eigenvalue weighted by molar-refractivity contribution is 6.30. The van der Waals surface area contributed by atoms with Crippen LogP contribution >= 0.6 is 11.6 Å². The minimum absolute atomic E-state index is 0.0416. The van der Waals surface area contributed by atoms with Crippen molar-refractivity contribution in [3.63, 3.8) is 0 Å². The van der Waals surface area contributed by atoms with Crippen molar-refractivity contribution in [1.82, 2.24) is 15.1 Å². The maximum Gasteiger partial charge on any atom is 0.274 e. The van der Waals surface area contributed by atoms with Crippen molar-refractivity contribution in [1.29, 1.82) is 0 Å². The van der Waals surface area contributed by atoms with E-state index in [1.54, 1.807) is 29.2 Å². The number of likely N-dealkylation sites (tertiary alicyclic amines) is 1. The number of benzene rings is 1. The number of piperidine rings is 1. The van der Waals surface area contributed by atoms with Crippen LogP contribution in [0.1, 0.15) is 52.7 Å². The molecule has 0 unspecified atom stereocenters. The van der Waals surface area contributed by atoms with Crippen molar-refractivity contribution in [3.05, 3.63) is 52.3 Å². The molecule has 2 aromatic rings. The fourth-order valence-electron chi connectivity index (χ4n) is 3.23. The molecule has 0 atom stereocenters. The standard InChI is InChI=1S/C19H22ClN3O2/c1-2-3-16-12-17(22-21-16)19(25)23-10-8-14(9-11-23)18(24)13-4-6-15(20)7-5-13/h4-7,12,14H,2-3,8-11H2,1H3,(H,21,22). The summed E-state index contributed by atoms with van der Waals surface area (Å²) in [6.07, 6.45) is 3.25. The molecule has 5 nitrogen and oxygen atoms in total. The van der Waals surface area contributed by atoms with Gasteiger partial charge in [-0.05, 0) is 49.6 Å². The van der Waals surface area contributed by atoms with Gasteiger partial charge >= 0.3 is 0 Å². The van der Waals surface area contributed by atoms with E-state index in [1.807, 2.05) is 6.07 Å². The SMILES string of the molecule is CCCc1cc(C(=O)N2CCC(C(=O)c3ccc(Cl)cc3)CC2)n[nH]1. The second-order valence-electron chi connectivity index (χ2n) is 6.47.